The molecule has 0 saturated carbocycles. The molecule has 0 aromatic heterocycles. The Morgan fingerprint density at radius 2 is 2.05 bits per heavy atom. The lowest BCUT2D eigenvalue weighted by molar-refractivity contribution is -0.385. The van der Waals surface area contributed by atoms with Crippen molar-refractivity contribution < 1.29 is 27.4 Å². The minimum absolute atomic E-state index is 0.0203. The molecule has 0 bridgehead atoms. The van der Waals surface area contributed by atoms with Crippen molar-refractivity contribution in [1.29, 1.82) is 0 Å². The molecule has 1 aromatic carbocycles. The highest BCUT2D eigenvalue weighted by atomic mass is 35.5. The van der Waals surface area contributed by atoms with Crippen LogP contribution in [0.4, 0.5) is 10.5 Å². The molecule has 1 atom stereocenters. The first kappa shape index (κ1) is 15.3. The van der Waals surface area contributed by atoms with E-state index < -0.39 is 32.3 Å². The van der Waals surface area contributed by atoms with Gasteiger partial charge in [-0.2, -0.15) is 8.42 Å². The number of benzene rings is 1. The molecule has 1 N–H and O–H groups in total. The predicted octanol–water partition coefficient (Wildman–Crippen LogP) is 1.73. The number of carbonyl (C=O) groups is 1. The van der Waals surface area contributed by atoms with Gasteiger partial charge in [-0.3, -0.25) is 14.7 Å². The van der Waals surface area contributed by atoms with Crippen LogP contribution in [-0.4, -0.2) is 28.8 Å². The molecule has 19 heavy (non-hydrogen) atoms. The van der Waals surface area contributed by atoms with E-state index >= 15 is 0 Å². The average molecular weight is 310 g/mol. The molecule has 0 aliphatic rings. The molecule has 10 heteroatoms. The second-order valence-corrected chi connectivity index (χ2v) is 5.25. The quantitative estimate of drug-likeness (QED) is 0.380. The minimum Gasteiger partial charge on any atom is -0.431 e. The molecule has 1 unspecified atom stereocenters. The van der Waals surface area contributed by atoms with E-state index in [0.717, 1.165) is 6.07 Å². The van der Waals surface area contributed by atoms with Crippen molar-refractivity contribution in [3.8, 4) is 0 Å². The predicted molar refractivity (Wildman–Crippen MR) is 64.5 cm³/mol. The van der Waals surface area contributed by atoms with Crippen LogP contribution in [0.3, 0.4) is 0 Å². The third kappa shape index (κ3) is 4.47. The highest BCUT2D eigenvalue weighted by Gasteiger charge is 2.29. The second kappa shape index (κ2) is 5.95. The molecule has 0 fully saturated rings. The Kier molecular flexibility index (Phi) is 4.81. The van der Waals surface area contributed by atoms with E-state index in [1.807, 2.05) is 0 Å². The molecular formula is C9H8ClNO7S. The summed E-state index contributed by atoms with van der Waals surface area (Å²) in [6, 6.07) is 5.25. The molecule has 0 aliphatic heterocycles. The number of halogens is 1. The normalized spacial score (nSPS) is 12.7. The van der Waals surface area contributed by atoms with Crippen molar-refractivity contribution in [3.05, 3.63) is 39.9 Å². The Morgan fingerprint density at radius 1 is 1.47 bits per heavy atom. The van der Waals surface area contributed by atoms with Gasteiger partial charge in [0.25, 0.3) is 5.69 Å². The van der Waals surface area contributed by atoms with E-state index in [1.54, 1.807) is 0 Å². The van der Waals surface area contributed by atoms with Crippen LogP contribution in [0.15, 0.2) is 24.3 Å². The summed E-state index contributed by atoms with van der Waals surface area (Å²) in [7, 11) is -4.75. The highest BCUT2D eigenvalue weighted by Crippen LogP contribution is 2.22. The van der Waals surface area contributed by atoms with Gasteiger partial charge in [-0.15, -0.1) is 0 Å². The van der Waals surface area contributed by atoms with Crippen molar-refractivity contribution in [3.63, 3.8) is 0 Å². The van der Waals surface area contributed by atoms with Gasteiger partial charge in [0, 0.05) is 29.7 Å². The van der Waals surface area contributed by atoms with Crippen LogP contribution >= 0.6 is 11.6 Å². The maximum absolute atomic E-state index is 11.0. The second-order valence-electron chi connectivity index (χ2n) is 3.39. The molecule has 0 spiro atoms. The Morgan fingerprint density at radius 3 is 2.53 bits per heavy atom. The molecule has 8 nitrogen and oxygen atoms in total. The molecule has 1 rings (SSSR count). The average Bonchev–Trinajstić information content (AvgIpc) is 2.26. The molecule has 1 aromatic rings. The van der Waals surface area contributed by atoms with Crippen LogP contribution in [0.5, 0.6) is 0 Å². The molecule has 0 aliphatic carbocycles. The topological polar surface area (TPSA) is 124 Å². The SMILES string of the molecule is O=C(Cl)OC(Cc1ccccc1[N+](=O)[O-])S(=O)(=O)O. The third-order valence-electron chi connectivity index (χ3n) is 2.13. The van der Waals surface area contributed by atoms with Crippen LogP contribution in [0.25, 0.3) is 0 Å². The summed E-state index contributed by atoms with van der Waals surface area (Å²) in [6.07, 6.45) is -0.589. The Hall–Kier alpha value is -1.71. The summed E-state index contributed by atoms with van der Waals surface area (Å²) in [5.41, 5.74) is -3.82. The molecule has 0 heterocycles. The summed E-state index contributed by atoms with van der Waals surface area (Å²) >= 11 is 4.88. The van der Waals surface area contributed by atoms with Gasteiger partial charge in [0.1, 0.15) is 0 Å². The van der Waals surface area contributed by atoms with Crippen LogP contribution in [0.2, 0.25) is 0 Å². The summed E-state index contributed by atoms with van der Waals surface area (Å²) in [5.74, 6) is 0. The third-order valence-corrected chi connectivity index (χ3v) is 3.15. The summed E-state index contributed by atoms with van der Waals surface area (Å²) in [5, 5.41) is 10.7. The van der Waals surface area contributed by atoms with Gasteiger partial charge in [-0.05, 0) is 0 Å². The van der Waals surface area contributed by atoms with E-state index in [0.29, 0.717) is 0 Å². The molecule has 0 radical (unpaired) electrons. The van der Waals surface area contributed by atoms with E-state index in [2.05, 4.69) is 4.74 Å². The number of para-hydroxylation sites is 1. The number of carbonyl (C=O) groups excluding carboxylic acids is 1. The highest BCUT2D eigenvalue weighted by molar-refractivity contribution is 7.86. The fourth-order valence-electron chi connectivity index (χ4n) is 1.35. The van der Waals surface area contributed by atoms with Crippen molar-refractivity contribution >= 4 is 32.8 Å². The zero-order valence-corrected chi connectivity index (χ0v) is 10.8. The number of hydrogen-bond acceptors (Lipinski definition) is 6. The van der Waals surface area contributed by atoms with Gasteiger partial charge >= 0.3 is 15.5 Å². The summed E-state index contributed by atoms with van der Waals surface area (Å²) < 4.78 is 35.1. The zero-order chi connectivity index (χ0) is 14.6. The Labute approximate surface area is 112 Å². The number of nitro benzene ring substituents is 1. The first-order valence-electron chi connectivity index (χ1n) is 4.76. The van der Waals surface area contributed by atoms with E-state index in [9.17, 15) is 23.3 Å². The van der Waals surface area contributed by atoms with Crippen LogP contribution in [0.1, 0.15) is 5.56 Å². The largest absolute Gasteiger partial charge is 0.431 e. The lowest BCUT2D eigenvalue weighted by Crippen LogP contribution is -2.27. The molecule has 0 saturated heterocycles. The lowest BCUT2D eigenvalue weighted by atomic mass is 10.1. The van der Waals surface area contributed by atoms with Crippen LogP contribution < -0.4 is 0 Å². The Balaban J connectivity index is 3.10. The smallest absolute Gasteiger partial charge is 0.405 e. The van der Waals surface area contributed by atoms with Crippen molar-refractivity contribution in [2.75, 3.05) is 0 Å². The molecular weight excluding hydrogens is 302 g/mol. The van der Waals surface area contributed by atoms with Crippen molar-refractivity contribution in [1.82, 2.24) is 0 Å². The summed E-state index contributed by atoms with van der Waals surface area (Å²) in [4.78, 5) is 20.6. The fraction of sp³-hybridized carbons (Fsp3) is 0.222. The number of nitrogens with zero attached hydrogens (tertiary/aromatic N) is 1. The van der Waals surface area contributed by atoms with Gasteiger partial charge < -0.3 is 4.74 Å². The minimum atomic E-state index is -4.75. The first-order valence-corrected chi connectivity index (χ1v) is 6.64. The number of rotatable bonds is 5. The van der Waals surface area contributed by atoms with Crippen molar-refractivity contribution in [2.45, 2.75) is 11.9 Å². The lowest BCUT2D eigenvalue weighted by Gasteiger charge is -2.13. The van der Waals surface area contributed by atoms with Crippen LogP contribution in [-0.2, 0) is 21.3 Å². The Bertz CT molecular complexity index is 600. The van der Waals surface area contributed by atoms with E-state index in [4.69, 9.17) is 16.2 Å². The van der Waals surface area contributed by atoms with Gasteiger partial charge in [-0.1, -0.05) is 18.2 Å². The van der Waals surface area contributed by atoms with Gasteiger partial charge in [0.15, 0.2) is 0 Å². The first-order chi connectivity index (χ1) is 8.71. The van der Waals surface area contributed by atoms with Gasteiger partial charge in [0.2, 0.25) is 5.44 Å². The van der Waals surface area contributed by atoms with Crippen LogP contribution in [0, 0.1) is 10.1 Å². The zero-order valence-electron chi connectivity index (χ0n) is 9.22. The standard InChI is InChI=1S/C9H8ClNO7S/c10-9(12)18-8(19(15,16)17)5-6-3-1-2-4-7(6)11(13)14/h1-4,8H,5H2,(H,15,16,17). The van der Waals surface area contributed by atoms with E-state index in [1.165, 1.54) is 18.2 Å². The fourth-order valence-corrected chi connectivity index (χ4v) is 2.11. The van der Waals surface area contributed by atoms with Gasteiger partial charge in [0.05, 0.1) is 4.92 Å². The molecule has 104 valence electrons. The van der Waals surface area contributed by atoms with Gasteiger partial charge in [-0.25, -0.2) is 4.79 Å². The van der Waals surface area contributed by atoms with Crippen molar-refractivity contribution in [2.24, 2.45) is 0 Å². The van der Waals surface area contributed by atoms with E-state index in [-0.39, 0.29) is 11.3 Å². The number of ether oxygens (including phenoxy) is 1. The number of hydrogen-bond donors (Lipinski definition) is 1. The monoisotopic (exact) mass is 309 g/mol. The number of nitro groups is 1. The summed E-state index contributed by atoms with van der Waals surface area (Å²) in [6.45, 7) is 0. The molecule has 0 amide bonds. The maximum atomic E-state index is 11.0. The maximum Gasteiger partial charge on any atom is 0.405 e.